The van der Waals surface area contributed by atoms with E-state index in [-0.39, 0.29) is 23.0 Å². The summed E-state index contributed by atoms with van der Waals surface area (Å²) in [6.45, 7) is 1.71. The first-order valence-corrected chi connectivity index (χ1v) is 7.91. The molecule has 4 rings (SSSR count). The standard InChI is InChI=1S/C16H16BrNO3/c1-21-12-7-11(17)10-8-18-5-4-16(14(10)15(12)20)3-2-9(19)6-13(16)18/h2-3,7,13,20H,4-6,8H2,1H3/t13-,16+/m1/s1. The fourth-order valence-corrected chi connectivity index (χ4v) is 4.75. The van der Waals surface area contributed by atoms with Gasteiger partial charge in [0.05, 0.1) is 7.11 Å². The lowest BCUT2D eigenvalue weighted by Crippen LogP contribution is -2.48. The van der Waals surface area contributed by atoms with Crippen molar-refractivity contribution in [3.8, 4) is 11.5 Å². The minimum atomic E-state index is -0.261. The first kappa shape index (κ1) is 13.3. The number of ether oxygens (including phenoxy) is 1. The molecule has 1 saturated heterocycles. The maximum Gasteiger partial charge on any atom is 0.162 e. The molecule has 2 heterocycles. The molecule has 1 aliphatic carbocycles. The lowest BCUT2D eigenvalue weighted by atomic mass is 9.66. The molecule has 2 aliphatic heterocycles. The van der Waals surface area contributed by atoms with E-state index >= 15 is 0 Å². The third kappa shape index (κ3) is 1.62. The largest absolute Gasteiger partial charge is 0.504 e. The maximum atomic E-state index is 11.8. The Morgan fingerprint density at radius 2 is 2.33 bits per heavy atom. The van der Waals surface area contributed by atoms with Crippen LogP contribution in [0.5, 0.6) is 11.5 Å². The van der Waals surface area contributed by atoms with Gasteiger partial charge in [-0.2, -0.15) is 0 Å². The Kier molecular flexibility index (Phi) is 2.75. The quantitative estimate of drug-likeness (QED) is 0.846. The van der Waals surface area contributed by atoms with Crippen LogP contribution in [-0.2, 0) is 16.8 Å². The van der Waals surface area contributed by atoms with Gasteiger partial charge in [0, 0.05) is 41.0 Å². The van der Waals surface area contributed by atoms with Crippen LogP contribution in [0.4, 0.5) is 0 Å². The highest BCUT2D eigenvalue weighted by atomic mass is 79.9. The summed E-state index contributed by atoms with van der Waals surface area (Å²) in [7, 11) is 1.56. The zero-order valence-electron chi connectivity index (χ0n) is 11.7. The van der Waals surface area contributed by atoms with E-state index in [1.807, 2.05) is 12.1 Å². The van der Waals surface area contributed by atoms with E-state index in [0.29, 0.717) is 12.2 Å². The number of benzene rings is 1. The second-order valence-corrected chi connectivity index (χ2v) is 6.90. The molecule has 1 aromatic rings. The van der Waals surface area contributed by atoms with Crippen LogP contribution in [0, 0.1) is 0 Å². The van der Waals surface area contributed by atoms with Gasteiger partial charge in [-0.1, -0.05) is 22.0 Å². The second-order valence-electron chi connectivity index (χ2n) is 6.04. The van der Waals surface area contributed by atoms with Crippen LogP contribution >= 0.6 is 15.9 Å². The van der Waals surface area contributed by atoms with Gasteiger partial charge in [0.15, 0.2) is 17.3 Å². The van der Waals surface area contributed by atoms with Crippen molar-refractivity contribution in [2.75, 3.05) is 13.7 Å². The average molecular weight is 350 g/mol. The van der Waals surface area contributed by atoms with Crippen molar-refractivity contribution in [1.82, 2.24) is 4.90 Å². The Bertz CT molecular complexity index is 685. The van der Waals surface area contributed by atoms with E-state index in [1.54, 1.807) is 13.2 Å². The number of nitrogens with zero attached hydrogens (tertiary/aromatic N) is 1. The normalized spacial score (nSPS) is 32.8. The summed E-state index contributed by atoms with van der Waals surface area (Å²) in [4.78, 5) is 14.2. The molecule has 4 nitrogen and oxygen atoms in total. The Hall–Kier alpha value is -1.33. The fraction of sp³-hybridized carbons (Fsp3) is 0.438. The molecule has 1 unspecified atom stereocenters. The fourth-order valence-electron chi connectivity index (χ4n) is 4.22. The topological polar surface area (TPSA) is 49.8 Å². The van der Waals surface area contributed by atoms with Gasteiger partial charge < -0.3 is 9.84 Å². The molecule has 0 spiro atoms. The Morgan fingerprint density at radius 1 is 1.52 bits per heavy atom. The third-order valence-electron chi connectivity index (χ3n) is 5.17. The minimum Gasteiger partial charge on any atom is -0.504 e. The number of hydrogen-bond donors (Lipinski definition) is 1. The maximum absolute atomic E-state index is 11.8. The summed E-state index contributed by atoms with van der Waals surface area (Å²) in [5.41, 5.74) is 1.79. The van der Waals surface area contributed by atoms with Crippen molar-refractivity contribution in [3.63, 3.8) is 0 Å². The van der Waals surface area contributed by atoms with Crippen molar-refractivity contribution in [1.29, 1.82) is 0 Å². The smallest absolute Gasteiger partial charge is 0.162 e. The van der Waals surface area contributed by atoms with Gasteiger partial charge in [0.1, 0.15) is 0 Å². The molecule has 5 heteroatoms. The van der Waals surface area contributed by atoms with Crippen LogP contribution in [0.15, 0.2) is 22.7 Å². The molecule has 21 heavy (non-hydrogen) atoms. The van der Waals surface area contributed by atoms with Crippen molar-refractivity contribution < 1.29 is 14.6 Å². The molecule has 3 aliphatic rings. The number of methoxy groups -OCH3 is 1. The number of aromatic hydroxyl groups is 1. The first-order valence-electron chi connectivity index (χ1n) is 7.12. The van der Waals surface area contributed by atoms with Gasteiger partial charge in [0.2, 0.25) is 0 Å². The van der Waals surface area contributed by atoms with Crippen LogP contribution in [-0.4, -0.2) is 35.5 Å². The molecule has 110 valence electrons. The van der Waals surface area contributed by atoms with E-state index < -0.39 is 0 Å². The summed E-state index contributed by atoms with van der Waals surface area (Å²) in [5, 5.41) is 10.7. The van der Waals surface area contributed by atoms with Gasteiger partial charge in [-0.25, -0.2) is 0 Å². The van der Waals surface area contributed by atoms with Crippen LogP contribution in [0.3, 0.4) is 0 Å². The number of rotatable bonds is 1. The number of phenolic OH excluding ortho intramolecular Hbond substituents is 1. The number of halogens is 1. The highest BCUT2D eigenvalue weighted by Crippen LogP contribution is 2.56. The minimum absolute atomic E-state index is 0.160. The van der Waals surface area contributed by atoms with Crippen molar-refractivity contribution in [2.24, 2.45) is 0 Å². The number of phenols is 1. The number of carbonyl (C=O) groups is 1. The van der Waals surface area contributed by atoms with Gasteiger partial charge in [-0.15, -0.1) is 0 Å². The van der Waals surface area contributed by atoms with Crippen LogP contribution in [0.2, 0.25) is 0 Å². The average Bonchev–Trinajstić information content (AvgIpc) is 2.72. The number of carbonyl (C=O) groups excluding carboxylic acids is 1. The third-order valence-corrected chi connectivity index (χ3v) is 5.88. The van der Waals surface area contributed by atoms with E-state index in [0.717, 1.165) is 35.1 Å². The number of hydrogen-bond acceptors (Lipinski definition) is 4. The van der Waals surface area contributed by atoms with Crippen LogP contribution < -0.4 is 4.74 Å². The summed E-state index contributed by atoms with van der Waals surface area (Å²) < 4.78 is 6.27. The van der Waals surface area contributed by atoms with Crippen LogP contribution in [0.25, 0.3) is 0 Å². The predicted octanol–water partition coefficient (Wildman–Crippen LogP) is 2.52. The van der Waals surface area contributed by atoms with Crippen molar-refractivity contribution >= 4 is 21.7 Å². The van der Waals surface area contributed by atoms with Crippen LogP contribution in [0.1, 0.15) is 24.0 Å². The molecular formula is C16H16BrNO3. The molecule has 0 saturated carbocycles. The summed E-state index contributed by atoms with van der Waals surface area (Å²) >= 11 is 3.61. The molecule has 0 amide bonds. The Morgan fingerprint density at radius 3 is 3.10 bits per heavy atom. The van der Waals surface area contributed by atoms with Gasteiger partial charge in [-0.3, -0.25) is 9.69 Å². The number of fused-ring (bicyclic) bond motifs is 1. The highest BCUT2D eigenvalue weighted by molar-refractivity contribution is 9.10. The summed E-state index contributed by atoms with van der Waals surface area (Å²) in [5.74, 6) is 0.882. The number of ketones is 1. The number of allylic oxidation sites excluding steroid dienone is 1. The van der Waals surface area contributed by atoms with Gasteiger partial charge >= 0.3 is 0 Å². The van der Waals surface area contributed by atoms with Crippen molar-refractivity contribution in [2.45, 2.75) is 30.8 Å². The SMILES string of the molecule is COc1cc(Br)c2c(c1O)[C@]13C=CC(=O)C[C@H]1N(CC3)C2. The van der Waals surface area contributed by atoms with E-state index in [9.17, 15) is 9.90 Å². The van der Waals surface area contributed by atoms with E-state index in [4.69, 9.17) is 4.74 Å². The molecule has 0 aromatic heterocycles. The van der Waals surface area contributed by atoms with Crippen molar-refractivity contribution in [3.05, 3.63) is 33.8 Å². The summed E-state index contributed by atoms with van der Waals surface area (Å²) in [6, 6.07) is 1.98. The molecular weight excluding hydrogens is 334 g/mol. The Labute approximate surface area is 131 Å². The zero-order chi connectivity index (χ0) is 14.8. The molecule has 1 aromatic carbocycles. The lowest BCUT2D eigenvalue weighted by molar-refractivity contribution is -0.116. The lowest BCUT2D eigenvalue weighted by Gasteiger charge is -2.44. The monoisotopic (exact) mass is 349 g/mol. The molecule has 2 bridgehead atoms. The van der Waals surface area contributed by atoms with E-state index in [1.165, 1.54) is 0 Å². The molecule has 1 N–H and O–H groups in total. The predicted molar refractivity (Wildman–Crippen MR) is 81.6 cm³/mol. The molecule has 3 atom stereocenters. The first-order chi connectivity index (χ1) is 10.1. The zero-order valence-corrected chi connectivity index (χ0v) is 13.3. The second kappa shape index (κ2) is 4.34. The molecule has 1 fully saturated rings. The highest BCUT2D eigenvalue weighted by Gasteiger charge is 2.54. The Balaban J connectivity index is 2.03. The van der Waals surface area contributed by atoms with Gasteiger partial charge in [-0.05, 0) is 24.1 Å². The van der Waals surface area contributed by atoms with E-state index in [2.05, 4.69) is 20.8 Å². The molecule has 0 radical (unpaired) electrons. The summed E-state index contributed by atoms with van der Waals surface area (Å²) in [6.07, 6.45) is 5.15. The van der Waals surface area contributed by atoms with Gasteiger partial charge in [0.25, 0.3) is 0 Å².